The first kappa shape index (κ1) is 12.2. The van der Waals surface area contributed by atoms with Gasteiger partial charge in [-0.25, -0.2) is 0 Å². The largest absolute Gasteiger partial charge is 0.0876 e. The molecule has 0 N–H and O–H groups in total. The SMILES string of the molecule is C/C=C\C=C(\I)CCC(C)(C)C. The van der Waals surface area contributed by atoms with Gasteiger partial charge < -0.3 is 0 Å². The molecular weight excluding hydrogens is 259 g/mol. The third kappa shape index (κ3) is 8.31. The number of hydrogen-bond acceptors (Lipinski definition) is 0. The summed E-state index contributed by atoms with van der Waals surface area (Å²) in [7, 11) is 0. The molecule has 12 heavy (non-hydrogen) atoms. The Morgan fingerprint density at radius 2 is 1.92 bits per heavy atom. The molecule has 0 bridgehead atoms. The van der Waals surface area contributed by atoms with Gasteiger partial charge in [0.2, 0.25) is 0 Å². The second-order valence-corrected chi connectivity index (χ2v) is 5.59. The van der Waals surface area contributed by atoms with Crippen molar-refractivity contribution in [3.63, 3.8) is 0 Å². The first-order valence-electron chi connectivity index (χ1n) is 4.43. The fourth-order valence-corrected chi connectivity index (χ4v) is 1.26. The van der Waals surface area contributed by atoms with Gasteiger partial charge in [0.1, 0.15) is 0 Å². The van der Waals surface area contributed by atoms with Crippen LogP contribution in [-0.4, -0.2) is 0 Å². The van der Waals surface area contributed by atoms with Crippen molar-refractivity contribution < 1.29 is 0 Å². The van der Waals surface area contributed by atoms with Crippen LogP contribution in [0.5, 0.6) is 0 Å². The molecule has 0 aliphatic rings. The zero-order chi connectivity index (χ0) is 9.61. The highest BCUT2D eigenvalue weighted by Crippen LogP contribution is 2.25. The standard InChI is InChI=1S/C11H19I/c1-5-6-7-10(12)8-9-11(2,3)4/h5-7H,8-9H2,1-4H3/b6-5-,10-7+. The van der Waals surface area contributed by atoms with Crippen LogP contribution in [0.25, 0.3) is 0 Å². The summed E-state index contributed by atoms with van der Waals surface area (Å²) in [6.45, 7) is 8.90. The minimum atomic E-state index is 0.459. The van der Waals surface area contributed by atoms with Gasteiger partial charge in [-0.1, -0.05) is 39.0 Å². The molecule has 0 spiro atoms. The normalized spacial score (nSPS) is 14.2. The molecule has 0 aliphatic heterocycles. The minimum Gasteiger partial charge on any atom is -0.0876 e. The van der Waals surface area contributed by atoms with Gasteiger partial charge in [-0.15, -0.1) is 0 Å². The molecule has 0 aromatic rings. The quantitative estimate of drug-likeness (QED) is 0.518. The van der Waals surface area contributed by atoms with Crippen LogP contribution in [0.2, 0.25) is 0 Å². The Bertz CT molecular complexity index is 170. The number of allylic oxidation sites excluding steroid dienone is 4. The fraction of sp³-hybridized carbons (Fsp3) is 0.636. The van der Waals surface area contributed by atoms with E-state index in [1.165, 1.54) is 16.4 Å². The number of halogens is 1. The van der Waals surface area contributed by atoms with Crippen molar-refractivity contribution >= 4 is 22.6 Å². The molecule has 0 fully saturated rings. The molecule has 0 nitrogen and oxygen atoms in total. The molecule has 0 heterocycles. The van der Waals surface area contributed by atoms with E-state index in [1.54, 1.807) is 0 Å². The maximum atomic E-state index is 2.41. The monoisotopic (exact) mass is 278 g/mol. The molecule has 0 rings (SSSR count). The Morgan fingerprint density at radius 1 is 1.33 bits per heavy atom. The van der Waals surface area contributed by atoms with Crippen molar-refractivity contribution in [2.45, 2.75) is 40.5 Å². The van der Waals surface area contributed by atoms with Gasteiger partial charge in [-0.3, -0.25) is 0 Å². The molecule has 0 aromatic carbocycles. The van der Waals surface area contributed by atoms with Gasteiger partial charge >= 0.3 is 0 Å². The molecular formula is C11H19I. The lowest BCUT2D eigenvalue weighted by atomic mass is 9.90. The van der Waals surface area contributed by atoms with Gasteiger partial charge in [0, 0.05) is 0 Å². The van der Waals surface area contributed by atoms with E-state index in [0.717, 1.165) is 0 Å². The predicted octanol–water partition coefficient (Wildman–Crippen LogP) is 4.71. The first-order chi connectivity index (χ1) is 5.45. The maximum absolute atomic E-state index is 2.41. The van der Waals surface area contributed by atoms with Crippen LogP contribution >= 0.6 is 22.6 Å². The van der Waals surface area contributed by atoms with Gasteiger partial charge in [0.05, 0.1) is 0 Å². The van der Waals surface area contributed by atoms with Crippen LogP contribution in [0.1, 0.15) is 40.5 Å². The third-order valence-corrected chi connectivity index (χ3v) is 2.48. The minimum absolute atomic E-state index is 0.459. The lowest BCUT2D eigenvalue weighted by Crippen LogP contribution is -2.03. The third-order valence-electron chi connectivity index (χ3n) is 1.58. The Labute approximate surface area is 90.3 Å². The summed E-state index contributed by atoms with van der Waals surface area (Å²) in [6, 6.07) is 0. The highest BCUT2D eigenvalue weighted by Gasteiger charge is 2.09. The predicted molar refractivity (Wildman–Crippen MR) is 65.6 cm³/mol. The summed E-state index contributed by atoms with van der Waals surface area (Å²) in [5.74, 6) is 0. The molecule has 70 valence electrons. The molecule has 1 heteroatoms. The van der Waals surface area contributed by atoms with Crippen LogP contribution in [0.15, 0.2) is 21.8 Å². The zero-order valence-corrected chi connectivity index (χ0v) is 10.7. The van der Waals surface area contributed by atoms with Gasteiger partial charge in [-0.05, 0) is 51.4 Å². The van der Waals surface area contributed by atoms with Gasteiger partial charge in [-0.2, -0.15) is 0 Å². The van der Waals surface area contributed by atoms with Gasteiger partial charge in [0.15, 0.2) is 0 Å². The number of rotatable bonds is 3. The van der Waals surface area contributed by atoms with E-state index in [1.807, 2.05) is 6.92 Å². The average molecular weight is 278 g/mol. The fourth-order valence-electron chi connectivity index (χ4n) is 0.778. The van der Waals surface area contributed by atoms with Gasteiger partial charge in [0.25, 0.3) is 0 Å². The molecule has 0 atom stereocenters. The van der Waals surface area contributed by atoms with Crippen LogP contribution in [0.3, 0.4) is 0 Å². The summed E-state index contributed by atoms with van der Waals surface area (Å²) >= 11 is 2.41. The highest BCUT2D eigenvalue weighted by molar-refractivity contribution is 14.1. The Kier molecular flexibility index (Phi) is 5.89. The lowest BCUT2D eigenvalue weighted by molar-refractivity contribution is 0.381. The van der Waals surface area contributed by atoms with Crippen LogP contribution in [0.4, 0.5) is 0 Å². The second kappa shape index (κ2) is 5.79. The Balaban J connectivity index is 3.79. The van der Waals surface area contributed by atoms with E-state index in [-0.39, 0.29) is 0 Å². The summed E-state index contributed by atoms with van der Waals surface area (Å²) in [4.78, 5) is 0. The highest BCUT2D eigenvalue weighted by atomic mass is 127. The van der Waals surface area contributed by atoms with Crippen molar-refractivity contribution in [1.82, 2.24) is 0 Å². The lowest BCUT2D eigenvalue weighted by Gasteiger charge is -2.17. The second-order valence-electron chi connectivity index (χ2n) is 4.20. The summed E-state index contributed by atoms with van der Waals surface area (Å²) in [6.07, 6.45) is 8.82. The van der Waals surface area contributed by atoms with Crippen molar-refractivity contribution in [3.05, 3.63) is 21.8 Å². The molecule has 0 saturated carbocycles. The summed E-state index contributed by atoms with van der Waals surface area (Å²) in [5, 5.41) is 0. The van der Waals surface area contributed by atoms with Crippen LogP contribution in [-0.2, 0) is 0 Å². The molecule has 0 aromatic heterocycles. The molecule has 0 amide bonds. The smallest absolute Gasteiger partial charge is 0.00940 e. The van der Waals surface area contributed by atoms with E-state index in [0.29, 0.717) is 5.41 Å². The molecule has 0 saturated heterocycles. The Hall–Kier alpha value is 0.210. The van der Waals surface area contributed by atoms with Crippen LogP contribution in [0, 0.1) is 5.41 Å². The van der Waals surface area contributed by atoms with E-state index in [4.69, 9.17) is 0 Å². The van der Waals surface area contributed by atoms with Crippen molar-refractivity contribution in [1.29, 1.82) is 0 Å². The number of hydrogen-bond donors (Lipinski definition) is 0. The van der Waals surface area contributed by atoms with Crippen LogP contribution < -0.4 is 0 Å². The summed E-state index contributed by atoms with van der Waals surface area (Å²) in [5.41, 5.74) is 0.459. The topological polar surface area (TPSA) is 0 Å². The van der Waals surface area contributed by atoms with E-state index in [2.05, 4.69) is 61.6 Å². The first-order valence-corrected chi connectivity index (χ1v) is 5.51. The molecule has 0 radical (unpaired) electrons. The zero-order valence-electron chi connectivity index (χ0n) is 8.52. The average Bonchev–Trinajstić information content (AvgIpc) is 1.95. The maximum Gasteiger partial charge on any atom is -0.00940 e. The van der Waals surface area contributed by atoms with Crippen molar-refractivity contribution in [2.75, 3.05) is 0 Å². The summed E-state index contributed by atoms with van der Waals surface area (Å²) < 4.78 is 1.45. The van der Waals surface area contributed by atoms with E-state index >= 15 is 0 Å². The van der Waals surface area contributed by atoms with E-state index in [9.17, 15) is 0 Å². The molecule has 0 unspecified atom stereocenters. The van der Waals surface area contributed by atoms with E-state index < -0.39 is 0 Å². The van der Waals surface area contributed by atoms with Crippen molar-refractivity contribution in [3.8, 4) is 0 Å². The van der Waals surface area contributed by atoms with Crippen molar-refractivity contribution in [2.24, 2.45) is 5.41 Å². The Morgan fingerprint density at radius 3 is 2.33 bits per heavy atom. The molecule has 0 aliphatic carbocycles.